The van der Waals surface area contributed by atoms with Gasteiger partial charge < -0.3 is 52.6 Å². The highest BCUT2D eigenvalue weighted by Crippen LogP contribution is 2.45. The minimum absolute atomic E-state index is 0.0526. The molecular weight excluding hydrogens is 1060 g/mol. The third-order valence-corrected chi connectivity index (χ3v) is 14.7. The maximum Gasteiger partial charge on any atom is 0.410 e. The summed E-state index contributed by atoms with van der Waals surface area (Å²) < 4.78 is 76.0. The molecule has 0 N–H and O–H groups in total. The fourth-order valence-corrected chi connectivity index (χ4v) is 9.38. The number of hydrogen-bond acceptors (Lipinski definition) is 17. The molecule has 2 saturated carbocycles. The molecule has 2 heterocycles. The first-order chi connectivity index (χ1) is 37.6. The molecule has 4 aliphatic rings. The van der Waals surface area contributed by atoms with E-state index in [2.05, 4.69) is 13.2 Å². The number of rotatable bonds is 28. The van der Waals surface area contributed by atoms with Gasteiger partial charge in [0.25, 0.3) is 17.7 Å². The first-order valence-electron chi connectivity index (χ1n) is 27.5. The Morgan fingerprint density at radius 3 is 1.58 bits per heavy atom. The van der Waals surface area contributed by atoms with Crippen molar-refractivity contribution in [3.05, 3.63) is 48.6 Å². The van der Waals surface area contributed by atoms with E-state index in [1.807, 2.05) is 0 Å². The summed E-state index contributed by atoms with van der Waals surface area (Å²) >= 11 is 0. The second kappa shape index (κ2) is 28.2. The largest absolute Gasteiger partial charge is 0.458 e. The Labute approximate surface area is 474 Å². The van der Waals surface area contributed by atoms with Crippen LogP contribution < -0.4 is 0 Å². The lowest BCUT2D eigenvalue weighted by Crippen LogP contribution is -2.55. The van der Waals surface area contributed by atoms with Crippen LogP contribution in [0.25, 0.3) is 0 Å². The van der Waals surface area contributed by atoms with Crippen molar-refractivity contribution in [2.45, 2.75) is 197 Å². The molecule has 2 aliphatic carbocycles. The lowest BCUT2D eigenvalue weighted by molar-refractivity contribution is -0.177. The van der Waals surface area contributed by atoms with Crippen LogP contribution in [0.3, 0.4) is 0 Å². The summed E-state index contributed by atoms with van der Waals surface area (Å²) in [6.07, 6.45) is -0.113. The number of alkyl halides is 2. The van der Waals surface area contributed by atoms with Crippen LogP contribution in [0.2, 0.25) is 0 Å². The lowest BCUT2D eigenvalue weighted by Gasteiger charge is -2.36. The molecule has 81 heavy (non-hydrogen) atoms. The highest BCUT2D eigenvalue weighted by Gasteiger charge is 2.60. The van der Waals surface area contributed by atoms with Crippen LogP contribution in [0.15, 0.2) is 48.6 Å². The molecule has 4 amide bonds. The van der Waals surface area contributed by atoms with Crippen LogP contribution in [0, 0.1) is 5.92 Å². The maximum absolute atomic E-state index is 15.6. The number of hydrogen-bond donors (Lipinski definition) is 0. The Morgan fingerprint density at radius 1 is 0.679 bits per heavy atom. The van der Waals surface area contributed by atoms with Gasteiger partial charge in [0.1, 0.15) is 46.7 Å². The number of carbonyl (C=O) groups excluding carboxylic acids is 9. The lowest BCUT2D eigenvalue weighted by atomic mass is 9.92. The van der Waals surface area contributed by atoms with Crippen LogP contribution in [-0.4, -0.2) is 199 Å². The molecule has 21 nitrogen and oxygen atoms in total. The van der Waals surface area contributed by atoms with Crippen LogP contribution in [-0.2, 0) is 76.3 Å². The van der Waals surface area contributed by atoms with Gasteiger partial charge in [-0.15, -0.1) is 0 Å². The van der Waals surface area contributed by atoms with Crippen molar-refractivity contribution in [1.29, 1.82) is 0 Å². The van der Waals surface area contributed by atoms with E-state index in [0.717, 1.165) is 25.2 Å². The summed E-state index contributed by atoms with van der Waals surface area (Å²) in [4.78, 5) is 129. The van der Waals surface area contributed by atoms with Crippen molar-refractivity contribution in [3.8, 4) is 0 Å². The summed E-state index contributed by atoms with van der Waals surface area (Å²) in [5, 5.41) is 0. The second-order valence-corrected chi connectivity index (χ2v) is 23.7. The molecule has 454 valence electrons. The van der Waals surface area contributed by atoms with Gasteiger partial charge in [0.05, 0.1) is 13.2 Å². The number of halogens is 2. The molecule has 0 radical (unpaired) electrons. The zero-order valence-electron chi connectivity index (χ0n) is 49.6. The zero-order valence-corrected chi connectivity index (χ0v) is 49.6. The second-order valence-electron chi connectivity index (χ2n) is 23.7. The van der Waals surface area contributed by atoms with E-state index >= 15 is 8.78 Å². The van der Waals surface area contributed by atoms with Gasteiger partial charge in [-0.05, 0) is 125 Å². The Balaban J connectivity index is 1.53. The van der Waals surface area contributed by atoms with Crippen molar-refractivity contribution in [2.75, 3.05) is 61.2 Å². The molecule has 0 aromatic heterocycles. The van der Waals surface area contributed by atoms with Gasteiger partial charge in [-0.1, -0.05) is 43.0 Å². The van der Waals surface area contributed by atoms with E-state index in [9.17, 15) is 43.2 Å². The first kappa shape index (κ1) is 67.3. The molecule has 2 aliphatic heterocycles. The van der Waals surface area contributed by atoms with Crippen molar-refractivity contribution in [1.82, 2.24) is 19.6 Å². The van der Waals surface area contributed by atoms with Gasteiger partial charge >= 0.3 is 35.9 Å². The van der Waals surface area contributed by atoms with E-state index in [1.165, 1.54) is 81.9 Å². The average Bonchev–Trinajstić information content (AvgIpc) is 4.42. The smallest absolute Gasteiger partial charge is 0.410 e. The Kier molecular flexibility index (Phi) is 23.4. The Morgan fingerprint density at radius 2 is 1.16 bits per heavy atom. The highest BCUT2D eigenvalue weighted by molar-refractivity contribution is 5.96. The summed E-state index contributed by atoms with van der Waals surface area (Å²) in [7, 11) is 5.09. The molecule has 0 bridgehead atoms. The molecule has 0 unspecified atom stereocenters. The minimum atomic E-state index is -2.09. The molecule has 6 atom stereocenters. The van der Waals surface area contributed by atoms with Gasteiger partial charge in [-0.25, -0.2) is 37.5 Å². The topological polar surface area (TPSA) is 240 Å². The number of amides is 4. The standard InChI is InChI=1S/C58H86F2N4O17/c1-16-18-38(17-2)35-76-50(70)44(32-40-21-29-75-30-22-40)80-49(69)42(34-56(10,11)60)62(13)45(65)36(3)77-51(71)57(23-24-57)63(14)47(67)43(31-39-19-27-74-28-20-39)79-48(68)41(33-55(8,9)59)61(12)46(66)37(4)78-52(72)58(25-26-58)64(15)53(73)81-54(5,6)7/h16-18,21,36-37,39,41-44H,1-2,19-20,22-35H2,3-15H3/b38-18+/t36-,37-,41+,42+,43-,44-/m1/s1. The van der Waals surface area contributed by atoms with Gasteiger partial charge in [-0.3, -0.25) is 19.3 Å². The predicted molar refractivity (Wildman–Crippen MR) is 290 cm³/mol. The number of allylic oxidation sites excluding steroid dienone is 2. The van der Waals surface area contributed by atoms with Crippen LogP contribution in [0.1, 0.15) is 133 Å². The molecule has 0 aromatic rings. The van der Waals surface area contributed by atoms with Crippen molar-refractivity contribution in [2.24, 2.45) is 5.92 Å². The third kappa shape index (κ3) is 19.2. The van der Waals surface area contributed by atoms with Crippen LogP contribution in [0.5, 0.6) is 0 Å². The van der Waals surface area contributed by atoms with Crippen molar-refractivity contribution < 1.29 is 89.8 Å². The monoisotopic (exact) mass is 1150 g/mol. The molecule has 23 heteroatoms. The van der Waals surface area contributed by atoms with Crippen LogP contribution in [0.4, 0.5) is 13.6 Å². The molecule has 4 rings (SSSR count). The van der Waals surface area contributed by atoms with Crippen molar-refractivity contribution >= 4 is 53.7 Å². The number of carbonyl (C=O) groups is 9. The number of esters is 5. The van der Waals surface area contributed by atoms with Gasteiger partial charge in [0, 0.05) is 60.7 Å². The number of ether oxygens (including phenoxy) is 8. The summed E-state index contributed by atoms with van der Waals surface area (Å²) in [5.74, 6) is -8.03. The van der Waals surface area contributed by atoms with E-state index in [0.29, 0.717) is 44.7 Å². The average molecular weight is 1150 g/mol. The van der Waals surface area contributed by atoms with Gasteiger partial charge in [0.2, 0.25) is 6.10 Å². The predicted octanol–water partition coefficient (Wildman–Crippen LogP) is 6.39. The fourth-order valence-electron chi connectivity index (χ4n) is 9.38. The summed E-state index contributed by atoms with van der Waals surface area (Å²) in [6, 6.07) is -3.31. The number of likely N-dealkylation sites (N-methyl/N-ethyl adjacent to an activating group) is 4. The van der Waals surface area contributed by atoms with Gasteiger partial charge in [-0.2, -0.15) is 0 Å². The molecule has 3 fully saturated rings. The van der Waals surface area contributed by atoms with E-state index in [-0.39, 0.29) is 57.7 Å². The van der Waals surface area contributed by atoms with Crippen molar-refractivity contribution in [3.63, 3.8) is 0 Å². The number of nitrogens with zero attached hydrogens (tertiary/aromatic N) is 4. The molecule has 0 spiro atoms. The quantitative estimate of drug-likeness (QED) is 0.0357. The van der Waals surface area contributed by atoms with E-state index in [4.69, 9.17) is 37.9 Å². The fraction of sp³-hybridized carbons (Fsp3) is 0.707. The van der Waals surface area contributed by atoms with E-state index < -0.39 is 131 Å². The molecule has 1 saturated heterocycles. The maximum atomic E-state index is 15.6. The molecular formula is C58H86F2N4O17. The van der Waals surface area contributed by atoms with E-state index in [1.54, 1.807) is 32.9 Å². The third-order valence-electron chi connectivity index (χ3n) is 14.7. The van der Waals surface area contributed by atoms with Crippen LogP contribution >= 0.6 is 0 Å². The Hall–Kier alpha value is -6.23. The SMILES string of the molecule is C=C/C=C(\C=C)COC(=O)[C@@H](CC1=CCOCC1)OC(=O)[C@H](CC(C)(C)F)N(C)C(=O)[C@@H](C)OC(=O)C1(N(C)C(=O)[C@@H](CC2CCOCC2)OC(=O)[C@H](CC(C)(C)F)N(C)C(=O)[C@@H](C)OC(=O)C2(N(C)C(=O)OC(C)(C)C)CC2)CC1. The summed E-state index contributed by atoms with van der Waals surface area (Å²) in [5.41, 5.74) is -6.83. The van der Waals surface area contributed by atoms with Gasteiger partial charge in [0.15, 0.2) is 18.3 Å². The minimum Gasteiger partial charge on any atom is -0.458 e. The highest BCUT2D eigenvalue weighted by atomic mass is 19.1. The first-order valence-corrected chi connectivity index (χ1v) is 27.5. The normalized spacial score (nSPS) is 19.2. The zero-order chi connectivity index (χ0) is 61.0. The summed E-state index contributed by atoms with van der Waals surface area (Å²) in [6.45, 7) is 20.7. The molecule has 0 aromatic carbocycles. The Bertz CT molecular complexity index is 2390.